The Morgan fingerprint density at radius 1 is 1.39 bits per heavy atom. The number of piperidine rings is 1. The van der Waals surface area contributed by atoms with Gasteiger partial charge in [0.1, 0.15) is 5.54 Å². The molecule has 0 unspecified atom stereocenters. The monoisotopic (exact) mass is 330 g/mol. The Hall–Kier alpha value is -2.19. The fourth-order valence-corrected chi connectivity index (χ4v) is 3.84. The number of hydrogen-bond acceptors (Lipinski definition) is 5. The average molecular weight is 330 g/mol. The standard InChI is InChI=1S/C15H18N6OS/c22-13(17-10-12-11-20-8-9-23-14(20)19-12)15(2-5-16-6-3-15)21-7-1-4-18-21/h1,4,7-9,11,16H,2-3,5-6,10H2,(H,17,22). The van der Waals surface area contributed by atoms with Crippen molar-refractivity contribution < 1.29 is 4.79 Å². The number of amides is 1. The van der Waals surface area contributed by atoms with E-state index in [1.54, 1.807) is 22.2 Å². The van der Waals surface area contributed by atoms with Gasteiger partial charge in [-0.25, -0.2) is 4.98 Å². The summed E-state index contributed by atoms with van der Waals surface area (Å²) in [5.41, 5.74) is 0.265. The van der Waals surface area contributed by atoms with Crippen molar-refractivity contribution in [3.8, 4) is 0 Å². The molecule has 8 heteroatoms. The Balaban J connectivity index is 1.52. The second-order valence-corrected chi connectivity index (χ2v) is 6.61. The SMILES string of the molecule is O=C(NCc1cn2ccsc2n1)C1(n2cccn2)CCNCC1. The van der Waals surface area contributed by atoms with Crippen LogP contribution >= 0.6 is 11.3 Å². The highest BCUT2D eigenvalue weighted by Gasteiger charge is 2.41. The number of fused-ring (bicyclic) bond motifs is 1. The van der Waals surface area contributed by atoms with E-state index in [-0.39, 0.29) is 5.91 Å². The third kappa shape index (κ3) is 2.53. The predicted octanol–water partition coefficient (Wildman–Crippen LogP) is 0.987. The van der Waals surface area contributed by atoms with Crippen LogP contribution in [0.25, 0.3) is 4.96 Å². The quantitative estimate of drug-likeness (QED) is 0.748. The zero-order valence-corrected chi connectivity index (χ0v) is 13.4. The largest absolute Gasteiger partial charge is 0.348 e. The first kappa shape index (κ1) is 14.4. The normalized spacial score (nSPS) is 17.4. The zero-order chi connectivity index (χ0) is 15.7. The molecule has 4 heterocycles. The molecule has 1 saturated heterocycles. The van der Waals surface area contributed by atoms with Gasteiger partial charge in [-0.05, 0) is 32.0 Å². The highest BCUT2D eigenvalue weighted by atomic mass is 32.1. The summed E-state index contributed by atoms with van der Waals surface area (Å²) in [6.07, 6.45) is 8.99. The maximum atomic E-state index is 12.9. The van der Waals surface area contributed by atoms with Crippen LogP contribution in [0.1, 0.15) is 18.5 Å². The topological polar surface area (TPSA) is 76.2 Å². The number of aromatic nitrogens is 4. The van der Waals surface area contributed by atoms with Gasteiger partial charge in [-0.3, -0.25) is 13.9 Å². The average Bonchev–Trinajstić information content (AvgIpc) is 3.29. The summed E-state index contributed by atoms with van der Waals surface area (Å²) in [5.74, 6) is 0.0130. The number of imidazole rings is 1. The number of nitrogens with one attached hydrogen (secondary N) is 2. The lowest BCUT2D eigenvalue weighted by Crippen LogP contribution is -2.54. The number of nitrogens with zero attached hydrogens (tertiary/aromatic N) is 4. The lowest BCUT2D eigenvalue weighted by molar-refractivity contribution is -0.132. The fraction of sp³-hybridized carbons (Fsp3) is 0.400. The van der Waals surface area contributed by atoms with Crippen LogP contribution in [0.3, 0.4) is 0 Å². The minimum atomic E-state index is -0.605. The zero-order valence-electron chi connectivity index (χ0n) is 12.6. The molecule has 120 valence electrons. The van der Waals surface area contributed by atoms with E-state index < -0.39 is 5.54 Å². The molecule has 0 aliphatic carbocycles. The van der Waals surface area contributed by atoms with Gasteiger partial charge in [0.2, 0.25) is 5.91 Å². The van der Waals surface area contributed by atoms with Gasteiger partial charge in [0, 0.05) is 30.2 Å². The molecule has 1 aliphatic rings. The summed E-state index contributed by atoms with van der Waals surface area (Å²) in [6.45, 7) is 2.06. The van der Waals surface area contributed by atoms with E-state index in [4.69, 9.17) is 0 Å². The van der Waals surface area contributed by atoms with Crippen LogP contribution in [0, 0.1) is 0 Å². The summed E-state index contributed by atoms with van der Waals surface area (Å²) in [5, 5.41) is 12.7. The third-order valence-electron chi connectivity index (χ3n) is 4.37. The second kappa shape index (κ2) is 5.78. The minimum Gasteiger partial charge on any atom is -0.348 e. The highest BCUT2D eigenvalue weighted by molar-refractivity contribution is 7.15. The molecule has 0 aromatic carbocycles. The van der Waals surface area contributed by atoms with Gasteiger partial charge < -0.3 is 10.6 Å². The van der Waals surface area contributed by atoms with Crippen molar-refractivity contribution in [2.75, 3.05) is 13.1 Å². The summed E-state index contributed by atoms with van der Waals surface area (Å²) < 4.78 is 3.77. The second-order valence-electron chi connectivity index (χ2n) is 5.74. The van der Waals surface area contributed by atoms with E-state index in [0.717, 1.165) is 36.6 Å². The van der Waals surface area contributed by atoms with E-state index in [0.29, 0.717) is 6.54 Å². The molecule has 7 nitrogen and oxygen atoms in total. The van der Waals surface area contributed by atoms with E-state index in [1.807, 2.05) is 34.4 Å². The fourth-order valence-electron chi connectivity index (χ4n) is 3.12. The van der Waals surface area contributed by atoms with Crippen molar-refractivity contribution in [1.82, 2.24) is 29.8 Å². The van der Waals surface area contributed by atoms with E-state index in [9.17, 15) is 4.79 Å². The maximum Gasteiger partial charge on any atom is 0.248 e. The predicted molar refractivity (Wildman–Crippen MR) is 87.2 cm³/mol. The number of rotatable bonds is 4. The Morgan fingerprint density at radius 3 is 3.00 bits per heavy atom. The van der Waals surface area contributed by atoms with Gasteiger partial charge in [0.25, 0.3) is 0 Å². The molecule has 0 atom stereocenters. The van der Waals surface area contributed by atoms with E-state index in [1.165, 1.54) is 0 Å². The highest BCUT2D eigenvalue weighted by Crippen LogP contribution is 2.27. The van der Waals surface area contributed by atoms with E-state index in [2.05, 4.69) is 20.7 Å². The molecule has 0 radical (unpaired) electrons. The smallest absolute Gasteiger partial charge is 0.248 e. The molecule has 0 bridgehead atoms. The molecule has 3 aromatic heterocycles. The van der Waals surface area contributed by atoms with E-state index >= 15 is 0 Å². The van der Waals surface area contributed by atoms with Crippen molar-refractivity contribution in [3.05, 3.63) is 41.9 Å². The molecule has 1 aliphatic heterocycles. The number of hydrogen-bond donors (Lipinski definition) is 2. The van der Waals surface area contributed by atoms with Crippen molar-refractivity contribution in [2.45, 2.75) is 24.9 Å². The molecule has 3 aromatic rings. The molecule has 23 heavy (non-hydrogen) atoms. The summed E-state index contributed by atoms with van der Waals surface area (Å²) in [4.78, 5) is 18.4. The van der Waals surface area contributed by atoms with Gasteiger partial charge in [-0.15, -0.1) is 11.3 Å². The van der Waals surface area contributed by atoms with Crippen LogP contribution in [0.5, 0.6) is 0 Å². The van der Waals surface area contributed by atoms with Crippen LogP contribution in [0.4, 0.5) is 0 Å². The van der Waals surface area contributed by atoms with Gasteiger partial charge in [-0.1, -0.05) is 0 Å². The minimum absolute atomic E-state index is 0.0130. The number of carbonyl (C=O) groups excluding carboxylic acids is 1. The first-order chi connectivity index (χ1) is 11.3. The molecular formula is C15H18N6OS. The Morgan fingerprint density at radius 2 is 2.26 bits per heavy atom. The molecule has 2 N–H and O–H groups in total. The Bertz CT molecular complexity index is 771. The number of thiazole rings is 1. The van der Waals surface area contributed by atoms with Crippen LogP contribution in [-0.2, 0) is 16.9 Å². The maximum absolute atomic E-state index is 12.9. The lowest BCUT2D eigenvalue weighted by Gasteiger charge is -2.36. The summed E-state index contributed by atoms with van der Waals surface area (Å²) >= 11 is 1.58. The van der Waals surface area contributed by atoms with Crippen molar-refractivity contribution >= 4 is 22.2 Å². The van der Waals surface area contributed by atoms with Crippen LogP contribution < -0.4 is 10.6 Å². The molecule has 0 saturated carbocycles. The lowest BCUT2D eigenvalue weighted by atomic mass is 9.87. The van der Waals surface area contributed by atoms with Crippen LogP contribution in [-0.4, -0.2) is 38.2 Å². The van der Waals surface area contributed by atoms with Crippen molar-refractivity contribution in [1.29, 1.82) is 0 Å². The van der Waals surface area contributed by atoms with Crippen molar-refractivity contribution in [2.24, 2.45) is 0 Å². The molecule has 1 fully saturated rings. The summed E-state index contributed by atoms with van der Waals surface area (Å²) in [6, 6.07) is 1.86. The Labute approximate surface area is 137 Å². The van der Waals surface area contributed by atoms with Gasteiger partial charge in [-0.2, -0.15) is 5.10 Å². The van der Waals surface area contributed by atoms with Gasteiger partial charge in [0.15, 0.2) is 4.96 Å². The summed E-state index contributed by atoms with van der Waals surface area (Å²) in [7, 11) is 0. The van der Waals surface area contributed by atoms with Gasteiger partial charge in [0.05, 0.1) is 12.2 Å². The molecule has 0 spiro atoms. The molecule has 4 rings (SSSR count). The van der Waals surface area contributed by atoms with Gasteiger partial charge >= 0.3 is 0 Å². The Kier molecular flexibility index (Phi) is 3.62. The van der Waals surface area contributed by atoms with Crippen LogP contribution in [0.15, 0.2) is 36.2 Å². The number of carbonyl (C=O) groups is 1. The van der Waals surface area contributed by atoms with Crippen molar-refractivity contribution in [3.63, 3.8) is 0 Å². The first-order valence-corrected chi connectivity index (χ1v) is 8.56. The molecular weight excluding hydrogens is 312 g/mol. The third-order valence-corrected chi connectivity index (χ3v) is 5.14. The molecule has 1 amide bonds. The first-order valence-electron chi connectivity index (χ1n) is 7.68. The van der Waals surface area contributed by atoms with Crippen LogP contribution in [0.2, 0.25) is 0 Å².